The number of anilines is 1. The van der Waals surface area contributed by atoms with E-state index in [9.17, 15) is 14.9 Å². The van der Waals surface area contributed by atoms with E-state index in [-0.39, 0.29) is 11.6 Å². The molecule has 0 unspecified atom stereocenters. The van der Waals surface area contributed by atoms with Gasteiger partial charge in [-0.05, 0) is 17.7 Å². The van der Waals surface area contributed by atoms with Crippen LogP contribution >= 0.6 is 0 Å². The van der Waals surface area contributed by atoms with Crippen LogP contribution in [0.5, 0.6) is 0 Å². The molecule has 0 radical (unpaired) electrons. The summed E-state index contributed by atoms with van der Waals surface area (Å²) in [7, 11) is 5.24. The van der Waals surface area contributed by atoms with Crippen molar-refractivity contribution in [3.8, 4) is 0 Å². The SMILES string of the molecule is CN(Cc1cccnc1)C(=O)c1cc([N+](=O)[O-])ccc1N(C)C. The van der Waals surface area contributed by atoms with Gasteiger partial charge in [0.05, 0.1) is 10.5 Å². The van der Waals surface area contributed by atoms with Gasteiger partial charge in [-0.25, -0.2) is 0 Å². The van der Waals surface area contributed by atoms with Gasteiger partial charge in [-0.15, -0.1) is 0 Å². The third kappa shape index (κ3) is 3.82. The number of hydrogen-bond acceptors (Lipinski definition) is 5. The monoisotopic (exact) mass is 314 g/mol. The Morgan fingerprint density at radius 1 is 1.26 bits per heavy atom. The maximum atomic E-state index is 12.7. The Bertz CT molecular complexity index is 717. The van der Waals surface area contributed by atoms with Crippen molar-refractivity contribution in [3.05, 3.63) is 64.0 Å². The van der Waals surface area contributed by atoms with Crippen LogP contribution in [-0.4, -0.2) is 41.9 Å². The molecule has 1 amide bonds. The lowest BCUT2D eigenvalue weighted by Gasteiger charge is -2.21. The van der Waals surface area contributed by atoms with Crippen LogP contribution in [0.3, 0.4) is 0 Å². The van der Waals surface area contributed by atoms with E-state index >= 15 is 0 Å². The van der Waals surface area contributed by atoms with Crippen LogP contribution in [0.4, 0.5) is 11.4 Å². The quantitative estimate of drug-likeness (QED) is 0.625. The number of aromatic nitrogens is 1. The fraction of sp³-hybridized carbons (Fsp3) is 0.250. The van der Waals surface area contributed by atoms with Crippen LogP contribution < -0.4 is 4.90 Å². The zero-order valence-electron chi connectivity index (χ0n) is 13.3. The minimum absolute atomic E-state index is 0.103. The van der Waals surface area contributed by atoms with E-state index in [0.29, 0.717) is 17.8 Å². The predicted molar refractivity (Wildman–Crippen MR) is 87.5 cm³/mol. The summed E-state index contributed by atoms with van der Waals surface area (Å²) in [5, 5.41) is 11.0. The minimum Gasteiger partial charge on any atom is -0.377 e. The molecule has 0 saturated carbocycles. The van der Waals surface area contributed by atoms with E-state index < -0.39 is 4.92 Å². The normalized spacial score (nSPS) is 10.2. The molecular weight excluding hydrogens is 296 g/mol. The average molecular weight is 314 g/mol. The fourth-order valence-electron chi connectivity index (χ4n) is 2.24. The van der Waals surface area contributed by atoms with Crippen LogP contribution in [0, 0.1) is 10.1 Å². The van der Waals surface area contributed by atoms with Gasteiger partial charge in [0.1, 0.15) is 0 Å². The molecule has 0 bridgehead atoms. The highest BCUT2D eigenvalue weighted by atomic mass is 16.6. The second-order valence-electron chi connectivity index (χ2n) is 5.38. The van der Waals surface area contributed by atoms with Gasteiger partial charge >= 0.3 is 0 Å². The van der Waals surface area contributed by atoms with Gasteiger partial charge in [0.2, 0.25) is 0 Å². The highest BCUT2D eigenvalue weighted by Gasteiger charge is 2.21. The van der Waals surface area contributed by atoms with E-state index in [1.165, 1.54) is 17.0 Å². The van der Waals surface area contributed by atoms with Crippen LogP contribution in [0.2, 0.25) is 0 Å². The summed E-state index contributed by atoms with van der Waals surface area (Å²) in [6.07, 6.45) is 3.35. The van der Waals surface area contributed by atoms with E-state index in [4.69, 9.17) is 0 Å². The topological polar surface area (TPSA) is 79.6 Å². The van der Waals surface area contributed by atoms with Crippen LogP contribution in [-0.2, 0) is 6.54 Å². The van der Waals surface area contributed by atoms with Gasteiger partial charge in [0.15, 0.2) is 0 Å². The number of nitrogens with zero attached hydrogens (tertiary/aromatic N) is 4. The molecule has 1 aromatic carbocycles. The third-order valence-electron chi connectivity index (χ3n) is 3.39. The molecule has 1 heterocycles. The standard InChI is InChI=1S/C16H18N4O3/c1-18(2)15-7-6-13(20(22)23)9-14(15)16(21)19(3)11-12-5-4-8-17-10-12/h4-10H,11H2,1-3H3. The largest absolute Gasteiger partial charge is 0.377 e. The maximum absolute atomic E-state index is 12.7. The summed E-state index contributed by atoms with van der Waals surface area (Å²) in [6, 6.07) is 7.97. The van der Waals surface area contributed by atoms with Gasteiger partial charge in [-0.1, -0.05) is 6.07 Å². The molecule has 7 nitrogen and oxygen atoms in total. The first kappa shape index (κ1) is 16.4. The van der Waals surface area contributed by atoms with Gasteiger partial charge in [-0.3, -0.25) is 19.9 Å². The molecule has 0 aliphatic heterocycles. The molecule has 0 aliphatic carbocycles. The summed E-state index contributed by atoms with van der Waals surface area (Å²) in [6.45, 7) is 0.377. The molecule has 0 aliphatic rings. The molecule has 7 heteroatoms. The van der Waals surface area contributed by atoms with Crippen molar-refractivity contribution in [1.82, 2.24) is 9.88 Å². The summed E-state index contributed by atoms with van der Waals surface area (Å²) < 4.78 is 0. The highest BCUT2D eigenvalue weighted by molar-refractivity contribution is 6.00. The van der Waals surface area contributed by atoms with E-state index in [0.717, 1.165) is 5.56 Å². The van der Waals surface area contributed by atoms with Crippen molar-refractivity contribution >= 4 is 17.3 Å². The number of carbonyl (C=O) groups is 1. The average Bonchev–Trinajstić information content (AvgIpc) is 2.54. The van der Waals surface area contributed by atoms with Crippen molar-refractivity contribution < 1.29 is 9.72 Å². The highest BCUT2D eigenvalue weighted by Crippen LogP contribution is 2.25. The Morgan fingerprint density at radius 3 is 2.57 bits per heavy atom. The van der Waals surface area contributed by atoms with Gasteiger partial charge in [0.25, 0.3) is 11.6 Å². The number of pyridine rings is 1. The van der Waals surface area contributed by atoms with Gasteiger partial charge < -0.3 is 9.80 Å². The van der Waals surface area contributed by atoms with Crippen molar-refractivity contribution in [2.24, 2.45) is 0 Å². The Hall–Kier alpha value is -2.96. The molecule has 0 atom stereocenters. The Balaban J connectivity index is 2.32. The second kappa shape index (κ2) is 6.87. The van der Waals surface area contributed by atoms with E-state index in [1.54, 1.807) is 50.6 Å². The molecular formula is C16H18N4O3. The summed E-state index contributed by atoms with van der Waals surface area (Å²) in [5.74, 6) is -0.277. The molecule has 0 fully saturated rings. The number of rotatable bonds is 5. The van der Waals surface area contributed by atoms with Crippen LogP contribution in [0.1, 0.15) is 15.9 Å². The van der Waals surface area contributed by atoms with Crippen molar-refractivity contribution in [1.29, 1.82) is 0 Å². The number of carbonyl (C=O) groups excluding carboxylic acids is 1. The second-order valence-corrected chi connectivity index (χ2v) is 5.38. The number of hydrogen-bond donors (Lipinski definition) is 0. The summed E-state index contributed by atoms with van der Waals surface area (Å²) >= 11 is 0. The molecule has 0 saturated heterocycles. The molecule has 2 aromatic rings. The fourth-order valence-corrected chi connectivity index (χ4v) is 2.24. The molecule has 0 N–H and O–H groups in total. The lowest BCUT2D eigenvalue weighted by molar-refractivity contribution is -0.384. The minimum atomic E-state index is -0.503. The van der Waals surface area contributed by atoms with Crippen molar-refractivity contribution in [2.45, 2.75) is 6.54 Å². The van der Waals surface area contributed by atoms with Gasteiger partial charge in [0, 0.05) is 57.9 Å². The zero-order chi connectivity index (χ0) is 17.0. The third-order valence-corrected chi connectivity index (χ3v) is 3.39. The molecule has 0 spiro atoms. The molecule has 23 heavy (non-hydrogen) atoms. The predicted octanol–water partition coefficient (Wildman–Crippen LogP) is 2.33. The van der Waals surface area contributed by atoms with Crippen molar-refractivity contribution in [3.63, 3.8) is 0 Å². The summed E-state index contributed by atoms with van der Waals surface area (Å²) in [5.41, 5.74) is 1.73. The number of benzene rings is 1. The Labute approximate surface area is 134 Å². The van der Waals surface area contributed by atoms with E-state index in [2.05, 4.69) is 4.98 Å². The molecule has 120 valence electrons. The number of non-ortho nitro benzene ring substituents is 1. The lowest BCUT2D eigenvalue weighted by atomic mass is 10.1. The first-order valence-corrected chi connectivity index (χ1v) is 7.00. The number of amides is 1. The van der Waals surface area contributed by atoms with E-state index in [1.807, 2.05) is 6.07 Å². The van der Waals surface area contributed by atoms with Crippen LogP contribution in [0.15, 0.2) is 42.7 Å². The molecule has 2 rings (SSSR count). The van der Waals surface area contributed by atoms with Gasteiger partial charge in [-0.2, -0.15) is 0 Å². The first-order valence-electron chi connectivity index (χ1n) is 7.00. The van der Waals surface area contributed by atoms with Crippen molar-refractivity contribution in [2.75, 3.05) is 26.0 Å². The lowest BCUT2D eigenvalue weighted by Crippen LogP contribution is -2.28. The smallest absolute Gasteiger partial charge is 0.270 e. The number of nitro benzene ring substituents is 1. The Kier molecular flexibility index (Phi) is 4.90. The Morgan fingerprint density at radius 2 is 2.00 bits per heavy atom. The maximum Gasteiger partial charge on any atom is 0.270 e. The molecule has 1 aromatic heterocycles. The number of nitro groups is 1. The zero-order valence-corrected chi connectivity index (χ0v) is 13.3. The van der Waals surface area contributed by atoms with Crippen LogP contribution in [0.25, 0.3) is 0 Å². The summed E-state index contributed by atoms with van der Waals surface area (Å²) in [4.78, 5) is 30.5. The first-order chi connectivity index (χ1) is 10.9.